The van der Waals surface area contributed by atoms with E-state index in [1.54, 1.807) is 6.07 Å². The van der Waals surface area contributed by atoms with Crippen molar-refractivity contribution in [3.05, 3.63) is 58.9 Å². The molecule has 1 fully saturated rings. The maximum Gasteiger partial charge on any atom is 0.123 e. The fourth-order valence-electron chi connectivity index (χ4n) is 3.25. The Morgan fingerprint density at radius 3 is 2.68 bits per heavy atom. The number of piperazine rings is 1. The molecule has 0 unspecified atom stereocenters. The molecule has 6 heteroatoms. The van der Waals surface area contributed by atoms with E-state index in [-0.39, 0.29) is 31.1 Å². The van der Waals surface area contributed by atoms with E-state index in [0.29, 0.717) is 10.8 Å². The van der Waals surface area contributed by atoms with Crippen LogP contribution in [0, 0.1) is 5.82 Å². The molecule has 2 atom stereocenters. The molecule has 0 bridgehead atoms. The molecule has 0 aromatic heterocycles. The van der Waals surface area contributed by atoms with Crippen LogP contribution in [0.5, 0.6) is 5.75 Å². The third-order valence-corrected chi connectivity index (χ3v) is 4.70. The number of ether oxygens (including phenoxy) is 1. The van der Waals surface area contributed by atoms with Gasteiger partial charge in [0.05, 0.1) is 23.4 Å². The molecule has 0 spiro atoms. The van der Waals surface area contributed by atoms with E-state index in [1.807, 2.05) is 24.3 Å². The van der Waals surface area contributed by atoms with Crippen LogP contribution in [0.1, 0.15) is 18.5 Å². The van der Waals surface area contributed by atoms with Gasteiger partial charge in [0.1, 0.15) is 18.2 Å². The molecule has 4 nitrogen and oxygen atoms in total. The summed E-state index contributed by atoms with van der Waals surface area (Å²) >= 11 is 6.52. The Morgan fingerprint density at radius 1 is 1.24 bits per heavy atom. The molecule has 1 heterocycles. The summed E-state index contributed by atoms with van der Waals surface area (Å²) in [4.78, 5) is 2.27. The maximum absolute atomic E-state index is 13.3. The minimum absolute atomic E-state index is 0.0408. The molecule has 0 saturated carbocycles. The molecule has 2 aromatic rings. The van der Waals surface area contributed by atoms with Gasteiger partial charge in [-0.3, -0.25) is 0 Å². The van der Waals surface area contributed by atoms with Gasteiger partial charge in [0.25, 0.3) is 0 Å². The third-order valence-electron chi connectivity index (χ3n) is 4.40. The van der Waals surface area contributed by atoms with Gasteiger partial charge in [-0.25, -0.2) is 4.39 Å². The lowest BCUT2D eigenvalue weighted by atomic mass is 9.99. The monoisotopic (exact) mass is 364 g/mol. The molecule has 134 valence electrons. The first kappa shape index (κ1) is 18.0. The molecule has 25 heavy (non-hydrogen) atoms. The number of aliphatic hydroxyl groups excluding tert-OH is 1. The number of hydrogen-bond acceptors (Lipinski definition) is 4. The first-order valence-corrected chi connectivity index (χ1v) is 8.75. The van der Waals surface area contributed by atoms with Gasteiger partial charge in [0.2, 0.25) is 0 Å². The predicted molar refractivity (Wildman–Crippen MR) is 98.0 cm³/mol. The van der Waals surface area contributed by atoms with Crippen molar-refractivity contribution in [3.63, 3.8) is 0 Å². The highest BCUT2D eigenvalue weighted by Gasteiger charge is 2.30. The Hall–Kier alpha value is -1.82. The number of anilines is 1. The average Bonchev–Trinajstić information content (AvgIpc) is 2.61. The summed E-state index contributed by atoms with van der Waals surface area (Å²) in [6, 6.07) is 12.5. The van der Waals surface area contributed by atoms with Crippen LogP contribution < -0.4 is 15.0 Å². The SMILES string of the molecule is C[C@@H]1CNC[C@@H](c2ccc(F)cc2)N1c1ccc(OCCO)cc1Cl. The lowest BCUT2D eigenvalue weighted by Crippen LogP contribution is -2.52. The molecule has 0 amide bonds. The van der Waals surface area contributed by atoms with E-state index in [2.05, 4.69) is 17.1 Å². The third kappa shape index (κ3) is 4.06. The lowest BCUT2D eigenvalue weighted by Gasteiger charge is -2.43. The van der Waals surface area contributed by atoms with Crippen molar-refractivity contribution in [2.45, 2.75) is 19.0 Å². The van der Waals surface area contributed by atoms with E-state index in [0.717, 1.165) is 24.3 Å². The van der Waals surface area contributed by atoms with Crippen LogP contribution in [-0.2, 0) is 0 Å². The van der Waals surface area contributed by atoms with Crippen LogP contribution in [0.2, 0.25) is 5.02 Å². The second-order valence-corrected chi connectivity index (χ2v) is 6.57. The maximum atomic E-state index is 13.3. The Labute approximate surface area is 152 Å². The number of benzene rings is 2. The predicted octanol–water partition coefficient (Wildman–Crippen LogP) is 3.39. The van der Waals surface area contributed by atoms with Crippen molar-refractivity contribution < 1.29 is 14.2 Å². The summed E-state index contributed by atoms with van der Waals surface area (Å²) in [5, 5.41) is 12.9. The summed E-state index contributed by atoms with van der Waals surface area (Å²) < 4.78 is 18.7. The molecule has 2 N–H and O–H groups in total. The highest BCUT2D eigenvalue weighted by Crippen LogP contribution is 2.37. The van der Waals surface area contributed by atoms with Crippen LogP contribution in [0.15, 0.2) is 42.5 Å². The fraction of sp³-hybridized carbons (Fsp3) is 0.368. The van der Waals surface area contributed by atoms with Crippen LogP contribution in [0.4, 0.5) is 10.1 Å². The number of aliphatic hydroxyl groups is 1. The Balaban J connectivity index is 1.92. The molecular weight excluding hydrogens is 343 g/mol. The quantitative estimate of drug-likeness (QED) is 0.853. The van der Waals surface area contributed by atoms with Gasteiger partial charge in [0, 0.05) is 25.2 Å². The first-order valence-electron chi connectivity index (χ1n) is 8.38. The number of hydrogen-bond donors (Lipinski definition) is 2. The smallest absolute Gasteiger partial charge is 0.123 e. The Morgan fingerprint density at radius 2 is 2.00 bits per heavy atom. The molecular formula is C19H22ClFN2O2. The van der Waals surface area contributed by atoms with E-state index >= 15 is 0 Å². The van der Waals surface area contributed by atoms with Gasteiger partial charge in [-0.05, 0) is 36.8 Å². The van der Waals surface area contributed by atoms with Gasteiger partial charge in [-0.2, -0.15) is 0 Å². The molecule has 1 aliphatic heterocycles. The van der Waals surface area contributed by atoms with Gasteiger partial charge < -0.3 is 20.1 Å². The zero-order valence-corrected chi connectivity index (χ0v) is 14.8. The van der Waals surface area contributed by atoms with Crippen molar-refractivity contribution in [3.8, 4) is 5.75 Å². The molecule has 0 radical (unpaired) electrons. The van der Waals surface area contributed by atoms with Crippen molar-refractivity contribution in [2.75, 3.05) is 31.2 Å². The normalized spacial score (nSPS) is 20.6. The number of rotatable bonds is 5. The Bertz CT molecular complexity index is 711. The van der Waals surface area contributed by atoms with Crippen molar-refractivity contribution in [1.82, 2.24) is 5.32 Å². The minimum atomic E-state index is -0.240. The standard InChI is InChI=1S/C19H22ClFN2O2/c1-13-11-22-12-19(14-2-4-15(21)5-3-14)23(13)18-7-6-16(10-17(18)20)25-9-8-24/h2-7,10,13,19,22,24H,8-9,11-12H2,1H3/t13-,19+/m1/s1. The summed E-state index contributed by atoms with van der Waals surface area (Å²) in [5.41, 5.74) is 1.96. The molecule has 3 rings (SSSR count). The highest BCUT2D eigenvalue weighted by atomic mass is 35.5. The summed E-state index contributed by atoms with van der Waals surface area (Å²) in [6.45, 7) is 3.93. The minimum Gasteiger partial charge on any atom is -0.491 e. The second kappa shape index (κ2) is 8.04. The van der Waals surface area contributed by atoms with Gasteiger partial charge in [-0.1, -0.05) is 23.7 Å². The van der Waals surface area contributed by atoms with Crippen molar-refractivity contribution in [2.24, 2.45) is 0 Å². The van der Waals surface area contributed by atoms with Gasteiger partial charge in [0.15, 0.2) is 0 Å². The zero-order valence-electron chi connectivity index (χ0n) is 14.1. The fourth-order valence-corrected chi connectivity index (χ4v) is 3.52. The largest absolute Gasteiger partial charge is 0.491 e. The molecule has 1 aliphatic rings. The summed E-state index contributed by atoms with van der Waals surface area (Å²) in [7, 11) is 0. The van der Waals surface area contributed by atoms with E-state index in [4.69, 9.17) is 21.4 Å². The topological polar surface area (TPSA) is 44.7 Å². The van der Waals surface area contributed by atoms with Crippen LogP contribution in [0.3, 0.4) is 0 Å². The Kier molecular flexibility index (Phi) is 5.78. The van der Waals surface area contributed by atoms with Crippen molar-refractivity contribution in [1.29, 1.82) is 0 Å². The van der Waals surface area contributed by atoms with Crippen LogP contribution in [-0.4, -0.2) is 37.5 Å². The molecule has 2 aromatic carbocycles. The summed E-state index contributed by atoms with van der Waals surface area (Å²) in [5.74, 6) is 0.388. The van der Waals surface area contributed by atoms with Gasteiger partial charge >= 0.3 is 0 Å². The van der Waals surface area contributed by atoms with Crippen molar-refractivity contribution >= 4 is 17.3 Å². The zero-order chi connectivity index (χ0) is 17.8. The highest BCUT2D eigenvalue weighted by molar-refractivity contribution is 6.33. The van der Waals surface area contributed by atoms with E-state index in [1.165, 1.54) is 12.1 Å². The summed E-state index contributed by atoms with van der Waals surface area (Å²) in [6.07, 6.45) is 0. The number of nitrogens with one attached hydrogen (secondary N) is 1. The molecule has 1 saturated heterocycles. The van der Waals surface area contributed by atoms with Crippen LogP contribution >= 0.6 is 11.6 Å². The lowest BCUT2D eigenvalue weighted by molar-refractivity contribution is 0.201. The van der Waals surface area contributed by atoms with Gasteiger partial charge in [-0.15, -0.1) is 0 Å². The second-order valence-electron chi connectivity index (χ2n) is 6.17. The van der Waals surface area contributed by atoms with E-state index in [9.17, 15) is 4.39 Å². The van der Waals surface area contributed by atoms with Crippen LogP contribution in [0.25, 0.3) is 0 Å². The average molecular weight is 365 g/mol. The van der Waals surface area contributed by atoms with E-state index < -0.39 is 0 Å². The number of nitrogens with zero attached hydrogens (tertiary/aromatic N) is 1. The number of halogens is 2. The molecule has 0 aliphatic carbocycles. The first-order chi connectivity index (χ1) is 12.1.